The van der Waals surface area contributed by atoms with Gasteiger partial charge in [-0.3, -0.25) is 14.2 Å². The molecule has 0 bridgehead atoms. The highest BCUT2D eigenvalue weighted by atomic mass is 16.6. The Balaban J connectivity index is 1.69. The van der Waals surface area contributed by atoms with E-state index in [1.807, 2.05) is 13.0 Å². The molecular weight excluding hydrogens is 400 g/mol. The maximum atomic E-state index is 12.6. The number of methoxy groups -OCH3 is 2. The van der Waals surface area contributed by atoms with Crippen molar-refractivity contribution in [3.63, 3.8) is 0 Å². The number of esters is 2. The van der Waals surface area contributed by atoms with Crippen molar-refractivity contribution >= 4 is 28.9 Å². The van der Waals surface area contributed by atoms with Gasteiger partial charge in [-0.05, 0) is 42.3 Å². The van der Waals surface area contributed by atoms with Crippen molar-refractivity contribution in [1.82, 2.24) is 9.55 Å². The zero-order chi connectivity index (χ0) is 22.4. The molecule has 0 unspecified atom stereocenters. The molecule has 8 nitrogen and oxygen atoms in total. The van der Waals surface area contributed by atoms with Crippen LogP contribution in [0.5, 0.6) is 11.5 Å². The number of nitrogens with zero attached hydrogens (tertiary/aromatic N) is 2. The minimum atomic E-state index is -0.521. The quantitative estimate of drug-likeness (QED) is 0.328. The van der Waals surface area contributed by atoms with E-state index in [1.54, 1.807) is 36.4 Å². The molecule has 0 aliphatic carbocycles. The third kappa shape index (κ3) is 5.16. The molecule has 0 amide bonds. The van der Waals surface area contributed by atoms with E-state index < -0.39 is 11.9 Å². The van der Waals surface area contributed by atoms with Crippen molar-refractivity contribution in [2.45, 2.75) is 19.9 Å². The summed E-state index contributed by atoms with van der Waals surface area (Å²) in [5.74, 6) is -0.432. The van der Waals surface area contributed by atoms with Crippen molar-refractivity contribution in [2.24, 2.45) is 0 Å². The van der Waals surface area contributed by atoms with Gasteiger partial charge in [0.2, 0.25) is 0 Å². The summed E-state index contributed by atoms with van der Waals surface area (Å²) in [5.41, 5.74) is 2.03. The number of hydrogen-bond acceptors (Lipinski definition) is 7. The molecular formula is C23H22N2O6. The Labute approximate surface area is 178 Å². The van der Waals surface area contributed by atoms with Gasteiger partial charge in [-0.1, -0.05) is 18.2 Å². The van der Waals surface area contributed by atoms with Crippen LogP contribution in [0.4, 0.5) is 0 Å². The third-order valence-electron chi connectivity index (χ3n) is 4.64. The number of ether oxygens (including phenoxy) is 3. The van der Waals surface area contributed by atoms with Crippen LogP contribution in [0, 0.1) is 6.92 Å². The maximum absolute atomic E-state index is 12.6. The average Bonchev–Trinajstić information content (AvgIpc) is 2.78. The first-order chi connectivity index (χ1) is 14.9. The van der Waals surface area contributed by atoms with Gasteiger partial charge in [-0.15, -0.1) is 0 Å². The average molecular weight is 422 g/mol. The molecule has 0 atom stereocenters. The second-order valence-corrected chi connectivity index (χ2v) is 6.71. The number of benzene rings is 2. The normalized spacial score (nSPS) is 10.9. The Bertz CT molecular complexity index is 1210. The largest absolute Gasteiger partial charge is 0.493 e. The summed E-state index contributed by atoms with van der Waals surface area (Å²) in [6, 6.07) is 10.3. The molecule has 3 aromatic rings. The van der Waals surface area contributed by atoms with Crippen LogP contribution >= 0.6 is 0 Å². The zero-order valence-corrected chi connectivity index (χ0v) is 17.5. The van der Waals surface area contributed by atoms with Crippen LogP contribution in [0.3, 0.4) is 0 Å². The molecule has 0 saturated carbocycles. The number of aromatic nitrogens is 2. The van der Waals surface area contributed by atoms with E-state index in [9.17, 15) is 14.4 Å². The van der Waals surface area contributed by atoms with Gasteiger partial charge in [0.05, 0.1) is 37.9 Å². The highest BCUT2D eigenvalue weighted by Gasteiger charge is 2.12. The molecule has 0 aliphatic heterocycles. The van der Waals surface area contributed by atoms with Crippen LogP contribution in [0.2, 0.25) is 0 Å². The smallest absolute Gasteiger partial charge is 0.330 e. The molecule has 1 heterocycles. The lowest BCUT2D eigenvalue weighted by atomic mass is 10.1. The standard InChI is InChI=1S/C23H22N2O6/c1-15-5-4-6-17-22(15)24-14-25(23(17)28)12-11-21(27)31-18-9-7-16(13-19(18)29-2)8-10-20(26)30-3/h4-10,13-14H,11-12H2,1-3H3/b10-8+. The lowest BCUT2D eigenvalue weighted by molar-refractivity contribution is -0.135. The Hall–Kier alpha value is -3.94. The van der Waals surface area contributed by atoms with Crippen LogP contribution in [0.1, 0.15) is 17.5 Å². The Morgan fingerprint density at radius 1 is 1.13 bits per heavy atom. The molecule has 0 aliphatic rings. The lowest BCUT2D eigenvalue weighted by Gasteiger charge is -2.11. The van der Waals surface area contributed by atoms with Gasteiger partial charge < -0.3 is 14.2 Å². The van der Waals surface area contributed by atoms with Gasteiger partial charge in [0.25, 0.3) is 5.56 Å². The molecule has 160 valence electrons. The van der Waals surface area contributed by atoms with Crippen molar-refractivity contribution in [1.29, 1.82) is 0 Å². The van der Waals surface area contributed by atoms with Crippen molar-refractivity contribution in [2.75, 3.05) is 14.2 Å². The first kappa shape index (κ1) is 21.8. The van der Waals surface area contributed by atoms with Gasteiger partial charge in [0.1, 0.15) is 0 Å². The first-order valence-electron chi connectivity index (χ1n) is 9.52. The Kier molecular flexibility index (Phi) is 6.81. The topological polar surface area (TPSA) is 96.7 Å². The maximum Gasteiger partial charge on any atom is 0.330 e. The van der Waals surface area contributed by atoms with Crippen LogP contribution in [-0.4, -0.2) is 35.7 Å². The highest BCUT2D eigenvalue weighted by molar-refractivity contribution is 5.87. The summed E-state index contributed by atoms with van der Waals surface area (Å²) in [6.07, 6.45) is 4.25. The van der Waals surface area contributed by atoms with E-state index in [4.69, 9.17) is 9.47 Å². The van der Waals surface area contributed by atoms with E-state index in [2.05, 4.69) is 9.72 Å². The molecule has 2 aromatic carbocycles. The predicted molar refractivity (Wildman–Crippen MR) is 115 cm³/mol. The predicted octanol–water partition coefficient (Wildman–Crippen LogP) is 2.90. The van der Waals surface area contributed by atoms with Crippen LogP contribution in [0.15, 0.2) is 53.6 Å². The fourth-order valence-corrected chi connectivity index (χ4v) is 2.99. The van der Waals surface area contributed by atoms with Gasteiger partial charge >= 0.3 is 11.9 Å². The Morgan fingerprint density at radius 3 is 2.68 bits per heavy atom. The lowest BCUT2D eigenvalue weighted by Crippen LogP contribution is -2.23. The van der Waals surface area contributed by atoms with Crippen LogP contribution in [0.25, 0.3) is 17.0 Å². The number of rotatable bonds is 7. The van der Waals surface area contributed by atoms with Crippen molar-refractivity contribution in [3.8, 4) is 11.5 Å². The fourth-order valence-electron chi connectivity index (χ4n) is 2.99. The number of para-hydroxylation sites is 1. The zero-order valence-electron chi connectivity index (χ0n) is 17.5. The summed E-state index contributed by atoms with van der Waals surface area (Å²) in [5, 5.41) is 0.508. The molecule has 3 rings (SSSR count). The van der Waals surface area contributed by atoms with E-state index in [0.717, 1.165) is 5.56 Å². The highest BCUT2D eigenvalue weighted by Crippen LogP contribution is 2.29. The van der Waals surface area contributed by atoms with Gasteiger partial charge in [0, 0.05) is 12.6 Å². The molecule has 1 aromatic heterocycles. The minimum absolute atomic E-state index is 0.0218. The summed E-state index contributed by atoms with van der Waals surface area (Å²) >= 11 is 0. The fraction of sp³-hybridized carbons (Fsp3) is 0.217. The molecule has 31 heavy (non-hydrogen) atoms. The van der Waals surface area contributed by atoms with Crippen LogP contribution < -0.4 is 15.0 Å². The number of fused-ring (bicyclic) bond motifs is 1. The van der Waals surface area contributed by atoms with E-state index in [1.165, 1.54) is 31.2 Å². The van der Waals surface area contributed by atoms with E-state index in [0.29, 0.717) is 22.2 Å². The van der Waals surface area contributed by atoms with Gasteiger partial charge in [-0.25, -0.2) is 9.78 Å². The molecule has 0 fully saturated rings. The SMILES string of the molecule is COC(=O)/C=C/c1ccc(OC(=O)CCn2cnc3c(C)cccc3c2=O)c(OC)c1. The van der Waals surface area contributed by atoms with E-state index >= 15 is 0 Å². The van der Waals surface area contributed by atoms with Gasteiger partial charge in [-0.2, -0.15) is 0 Å². The summed E-state index contributed by atoms with van der Waals surface area (Å²) in [4.78, 5) is 40.5. The molecule has 0 saturated heterocycles. The second-order valence-electron chi connectivity index (χ2n) is 6.71. The van der Waals surface area contributed by atoms with Crippen molar-refractivity contribution in [3.05, 3.63) is 70.3 Å². The number of hydrogen-bond donors (Lipinski definition) is 0. The third-order valence-corrected chi connectivity index (χ3v) is 4.64. The molecule has 8 heteroatoms. The number of carbonyl (C=O) groups excluding carboxylic acids is 2. The van der Waals surface area contributed by atoms with Gasteiger partial charge in [0.15, 0.2) is 11.5 Å². The minimum Gasteiger partial charge on any atom is -0.493 e. The number of carbonyl (C=O) groups is 2. The second kappa shape index (κ2) is 9.71. The molecule has 0 spiro atoms. The summed E-state index contributed by atoms with van der Waals surface area (Å²) in [7, 11) is 2.74. The molecule has 0 radical (unpaired) electrons. The first-order valence-corrected chi connectivity index (χ1v) is 9.52. The monoisotopic (exact) mass is 422 g/mol. The van der Waals surface area contributed by atoms with Crippen molar-refractivity contribution < 1.29 is 23.8 Å². The summed E-state index contributed by atoms with van der Waals surface area (Å²) < 4.78 is 16.6. The summed E-state index contributed by atoms with van der Waals surface area (Å²) in [6.45, 7) is 2.02. The molecule has 0 N–H and O–H groups in total. The Morgan fingerprint density at radius 2 is 1.94 bits per heavy atom. The number of aryl methyl sites for hydroxylation is 2. The van der Waals surface area contributed by atoms with Crippen LogP contribution in [-0.2, 0) is 20.9 Å². The van der Waals surface area contributed by atoms with E-state index in [-0.39, 0.29) is 24.3 Å².